The minimum Gasteiger partial charge on any atom is -0.673 e. The Kier molecular flexibility index (Phi) is 12.3. The van der Waals surface area contributed by atoms with E-state index in [9.17, 15) is 4.79 Å². The summed E-state index contributed by atoms with van der Waals surface area (Å²) in [5.41, 5.74) is 7.62. The summed E-state index contributed by atoms with van der Waals surface area (Å²) in [6, 6.07) is -0.0528. The quantitative estimate of drug-likeness (QED) is 0.687. The van der Waals surface area contributed by atoms with E-state index in [0.29, 0.717) is 13.0 Å². The molecule has 0 aromatic carbocycles. The van der Waals surface area contributed by atoms with Crippen LogP contribution in [0, 0.1) is 0 Å². The maximum absolute atomic E-state index is 11.3. The number of hydrogen-bond acceptors (Lipinski definition) is 1. The SMILES string of the molecule is CC.CCC(=O)N1CCCCC([NH-])C1.[Ru+]. The molecule has 1 fully saturated rings. The van der Waals surface area contributed by atoms with Gasteiger partial charge in [0, 0.05) is 19.5 Å². The van der Waals surface area contributed by atoms with E-state index in [1.807, 2.05) is 25.7 Å². The Morgan fingerprint density at radius 1 is 1.40 bits per heavy atom. The molecule has 91 valence electrons. The van der Waals surface area contributed by atoms with Crippen molar-refractivity contribution in [2.24, 2.45) is 0 Å². The fourth-order valence-electron chi connectivity index (χ4n) is 1.59. The molecule has 1 aliphatic heterocycles. The van der Waals surface area contributed by atoms with Gasteiger partial charge in [-0.1, -0.05) is 33.6 Å². The number of rotatable bonds is 1. The first-order chi connectivity index (χ1) is 6.74. The summed E-state index contributed by atoms with van der Waals surface area (Å²) in [5, 5.41) is 0. The third-order valence-corrected chi connectivity index (χ3v) is 2.33. The fourth-order valence-corrected chi connectivity index (χ4v) is 1.59. The maximum Gasteiger partial charge on any atom is 1.00 e. The first kappa shape index (κ1) is 17.4. The summed E-state index contributed by atoms with van der Waals surface area (Å²) in [6.07, 6.45) is 3.70. The van der Waals surface area contributed by atoms with Crippen molar-refractivity contribution in [1.29, 1.82) is 0 Å². The molecule has 1 N–H and O–H groups in total. The second kappa shape index (κ2) is 10.6. The van der Waals surface area contributed by atoms with Crippen LogP contribution in [0.2, 0.25) is 0 Å². The first-order valence-electron chi connectivity index (χ1n) is 5.73. The molecule has 1 radical (unpaired) electrons. The zero-order chi connectivity index (χ0) is 11.0. The summed E-state index contributed by atoms with van der Waals surface area (Å²) in [5.74, 6) is 0.203. The number of carbonyl (C=O) groups excluding carboxylic acids is 1. The van der Waals surface area contributed by atoms with Crippen molar-refractivity contribution in [3.05, 3.63) is 5.73 Å². The van der Waals surface area contributed by atoms with Crippen LogP contribution in [0.3, 0.4) is 0 Å². The largest absolute Gasteiger partial charge is 1.00 e. The molecule has 0 saturated carbocycles. The van der Waals surface area contributed by atoms with Crippen molar-refractivity contribution in [2.75, 3.05) is 13.1 Å². The number of hydrogen-bond donors (Lipinski definition) is 0. The van der Waals surface area contributed by atoms with Crippen molar-refractivity contribution in [3.63, 3.8) is 0 Å². The van der Waals surface area contributed by atoms with E-state index in [1.54, 1.807) is 0 Å². The van der Waals surface area contributed by atoms with Crippen molar-refractivity contribution in [3.8, 4) is 0 Å². The normalized spacial score (nSPS) is 20.5. The fraction of sp³-hybridized carbons (Fsp3) is 0.909. The van der Waals surface area contributed by atoms with Crippen molar-refractivity contribution in [2.45, 2.75) is 52.5 Å². The molecule has 0 aliphatic carbocycles. The molecule has 1 amide bonds. The molecule has 1 rings (SSSR count). The molecule has 0 bridgehead atoms. The second-order valence-corrected chi connectivity index (χ2v) is 3.39. The van der Waals surface area contributed by atoms with Crippen LogP contribution in [0.4, 0.5) is 0 Å². The minimum atomic E-state index is -0.0528. The van der Waals surface area contributed by atoms with E-state index in [2.05, 4.69) is 0 Å². The molecule has 0 aromatic heterocycles. The van der Waals surface area contributed by atoms with E-state index >= 15 is 0 Å². The van der Waals surface area contributed by atoms with Crippen molar-refractivity contribution >= 4 is 5.91 Å². The summed E-state index contributed by atoms with van der Waals surface area (Å²) in [7, 11) is 0. The second-order valence-electron chi connectivity index (χ2n) is 3.39. The Morgan fingerprint density at radius 3 is 2.53 bits per heavy atom. The molecule has 3 nitrogen and oxygen atoms in total. The average molecular weight is 300 g/mol. The van der Waals surface area contributed by atoms with Gasteiger partial charge in [0.15, 0.2) is 0 Å². The molecular formula is C11H23N2ORu. The van der Waals surface area contributed by atoms with E-state index in [-0.39, 0.29) is 31.4 Å². The van der Waals surface area contributed by atoms with Crippen molar-refractivity contribution in [1.82, 2.24) is 4.90 Å². The topological polar surface area (TPSA) is 44.1 Å². The Morgan fingerprint density at radius 2 is 2.00 bits per heavy atom. The van der Waals surface area contributed by atoms with Gasteiger partial charge in [0.05, 0.1) is 0 Å². The van der Waals surface area contributed by atoms with Crippen molar-refractivity contribution < 1.29 is 24.3 Å². The number of amides is 1. The van der Waals surface area contributed by atoms with Crippen LogP contribution in [-0.2, 0) is 24.3 Å². The van der Waals surface area contributed by atoms with Gasteiger partial charge in [-0.2, -0.15) is 0 Å². The molecule has 4 heteroatoms. The van der Waals surface area contributed by atoms with Gasteiger partial charge in [0.25, 0.3) is 0 Å². The van der Waals surface area contributed by atoms with Gasteiger partial charge >= 0.3 is 19.5 Å². The maximum atomic E-state index is 11.3. The van der Waals surface area contributed by atoms with E-state index in [0.717, 1.165) is 25.8 Å². The third-order valence-electron chi connectivity index (χ3n) is 2.33. The number of nitrogens with zero attached hydrogens (tertiary/aromatic N) is 1. The summed E-state index contributed by atoms with van der Waals surface area (Å²) >= 11 is 0. The molecule has 15 heavy (non-hydrogen) atoms. The summed E-state index contributed by atoms with van der Waals surface area (Å²) in [6.45, 7) is 7.39. The standard InChI is InChI=1S/C9H17N2O.C2H6.Ru/c1-2-9(12)11-6-4-3-5-8(10)7-11;1-2;/h8,10H,2-7H2,1H3;1-2H3;/q-1;;+1. The average Bonchev–Trinajstić information content (AvgIpc) is 2.45. The number of carbonyl (C=O) groups is 1. The summed E-state index contributed by atoms with van der Waals surface area (Å²) < 4.78 is 0. The van der Waals surface area contributed by atoms with Crippen LogP contribution in [0.1, 0.15) is 46.5 Å². The zero-order valence-corrected chi connectivity index (χ0v) is 11.8. The monoisotopic (exact) mass is 301 g/mol. The molecule has 1 atom stereocenters. The van der Waals surface area contributed by atoms with Crippen LogP contribution in [-0.4, -0.2) is 29.9 Å². The Balaban J connectivity index is 0. The molecule has 0 spiro atoms. The van der Waals surface area contributed by atoms with E-state index in [1.165, 1.54) is 0 Å². The van der Waals surface area contributed by atoms with Crippen LogP contribution in [0.25, 0.3) is 5.73 Å². The Labute approximate surface area is 107 Å². The molecule has 1 unspecified atom stereocenters. The minimum absolute atomic E-state index is 0. The predicted octanol–water partition coefficient (Wildman–Crippen LogP) is 2.85. The van der Waals surface area contributed by atoms with Gasteiger partial charge in [0.2, 0.25) is 5.91 Å². The van der Waals surface area contributed by atoms with Crippen LogP contribution in [0.5, 0.6) is 0 Å². The molecular weight excluding hydrogens is 277 g/mol. The molecule has 1 saturated heterocycles. The third kappa shape index (κ3) is 7.02. The van der Waals surface area contributed by atoms with E-state index < -0.39 is 0 Å². The Hall–Kier alpha value is 0.0534. The van der Waals surface area contributed by atoms with Gasteiger partial charge in [-0.3, -0.25) is 4.79 Å². The summed E-state index contributed by atoms with van der Waals surface area (Å²) in [4.78, 5) is 13.1. The van der Waals surface area contributed by atoms with Gasteiger partial charge in [-0.15, -0.1) is 6.04 Å². The van der Waals surface area contributed by atoms with E-state index in [4.69, 9.17) is 5.73 Å². The molecule has 1 heterocycles. The van der Waals surface area contributed by atoms with Gasteiger partial charge in [-0.25, -0.2) is 0 Å². The van der Waals surface area contributed by atoms with Gasteiger partial charge in [0.1, 0.15) is 0 Å². The van der Waals surface area contributed by atoms with Gasteiger partial charge in [-0.05, 0) is 6.42 Å². The first-order valence-corrected chi connectivity index (χ1v) is 5.73. The Bertz CT molecular complexity index is 165. The molecule has 0 aromatic rings. The number of likely N-dealkylation sites (tertiary alicyclic amines) is 1. The molecule has 1 aliphatic rings. The smallest absolute Gasteiger partial charge is 0.673 e. The van der Waals surface area contributed by atoms with Crippen LogP contribution < -0.4 is 0 Å². The van der Waals surface area contributed by atoms with Crippen LogP contribution >= 0.6 is 0 Å². The zero-order valence-electron chi connectivity index (χ0n) is 10.0. The predicted molar refractivity (Wildman–Crippen MR) is 60.2 cm³/mol. The number of nitrogens with one attached hydrogen (secondary N) is 1. The van der Waals surface area contributed by atoms with Gasteiger partial charge < -0.3 is 10.6 Å². The van der Waals surface area contributed by atoms with Crippen LogP contribution in [0.15, 0.2) is 0 Å².